The predicted molar refractivity (Wildman–Crippen MR) is 160 cm³/mol. The minimum atomic E-state index is -0.442. The van der Waals surface area contributed by atoms with E-state index >= 15 is 0 Å². The van der Waals surface area contributed by atoms with E-state index < -0.39 is 5.91 Å². The lowest BCUT2D eigenvalue weighted by Crippen LogP contribution is -2.35. The maximum Gasteiger partial charge on any atom is 0.283 e. The van der Waals surface area contributed by atoms with Crippen LogP contribution in [0.15, 0.2) is 88.5 Å². The van der Waals surface area contributed by atoms with Crippen molar-refractivity contribution in [1.82, 2.24) is 9.58 Å². The molecule has 0 bridgehead atoms. The molecule has 9 heteroatoms. The van der Waals surface area contributed by atoms with Crippen LogP contribution in [-0.4, -0.2) is 45.2 Å². The van der Waals surface area contributed by atoms with Crippen LogP contribution in [0.4, 0.5) is 0 Å². The molecule has 200 valence electrons. The number of amidine groups is 2. The number of carbonyl (C=O) groups is 1. The van der Waals surface area contributed by atoms with Crippen LogP contribution in [0.5, 0.6) is 11.5 Å². The first kappa shape index (κ1) is 25.6. The molecule has 40 heavy (non-hydrogen) atoms. The maximum absolute atomic E-state index is 13.1. The van der Waals surface area contributed by atoms with Crippen LogP contribution in [0, 0.1) is 19.3 Å². The molecule has 0 atom stereocenters. The predicted octanol–water partition coefficient (Wildman–Crippen LogP) is 6.01. The molecular formula is C31H27N5O3S. The van der Waals surface area contributed by atoms with Gasteiger partial charge < -0.3 is 14.0 Å². The first-order valence-electron chi connectivity index (χ1n) is 12.8. The summed E-state index contributed by atoms with van der Waals surface area (Å²) in [5.74, 6) is 1.12. The van der Waals surface area contributed by atoms with Crippen molar-refractivity contribution in [2.45, 2.75) is 20.4 Å². The highest BCUT2D eigenvalue weighted by atomic mass is 32.2. The molecule has 8 nitrogen and oxygen atoms in total. The van der Waals surface area contributed by atoms with E-state index in [-0.39, 0.29) is 11.4 Å². The first-order valence-corrected chi connectivity index (χ1v) is 13.7. The molecule has 2 aliphatic rings. The number of carbonyl (C=O) groups excluding carboxylic acids is 1. The number of methoxy groups -OCH3 is 1. The zero-order chi connectivity index (χ0) is 27.8. The van der Waals surface area contributed by atoms with Gasteiger partial charge in [-0.2, -0.15) is 15.1 Å². The number of aliphatic imine (C=N–C) groups is 1. The number of benzene rings is 3. The summed E-state index contributed by atoms with van der Waals surface area (Å²) < 4.78 is 13.4. The number of fused-ring (bicyclic) bond motifs is 2. The Morgan fingerprint density at radius 1 is 0.975 bits per heavy atom. The molecule has 0 saturated carbocycles. The van der Waals surface area contributed by atoms with Crippen molar-refractivity contribution in [3.8, 4) is 11.5 Å². The molecule has 6 rings (SSSR count). The second-order valence-electron chi connectivity index (χ2n) is 9.48. The van der Waals surface area contributed by atoms with Crippen LogP contribution in [0.25, 0.3) is 17.0 Å². The number of ether oxygens (including phenoxy) is 2. The molecule has 0 radical (unpaired) electrons. The number of hydrazone groups is 1. The zero-order valence-electron chi connectivity index (χ0n) is 22.3. The number of nitrogens with zero attached hydrogens (tertiary/aromatic N) is 4. The number of para-hydroxylation sites is 1. The molecule has 2 aliphatic heterocycles. The highest BCUT2D eigenvalue weighted by molar-refractivity contribution is 8.27. The van der Waals surface area contributed by atoms with Gasteiger partial charge in [0.15, 0.2) is 5.84 Å². The number of aromatic nitrogens is 1. The summed E-state index contributed by atoms with van der Waals surface area (Å²) in [6.07, 6.45) is 1.77. The second-order valence-corrected chi connectivity index (χ2v) is 10.4. The van der Waals surface area contributed by atoms with Crippen LogP contribution >= 0.6 is 11.8 Å². The molecular weight excluding hydrogens is 522 g/mol. The average molecular weight is 550 g/mol. The van der Waals surface area contributed by atoms with E-state index in [2.05, 4.69) is 20.7 Å². The SMILES string of the molecule is COc1ccc(OCCn2c(C)c(C=C3C(=N)N4N=C(c5ccc(C)cc5)SC4=NC3=O)c3ccccc32)cc1. The molecule has 3 aromatic carbocycles. The largest absolute Gasteiger partial charge is 0.497 e. The van der Waals surface area contributed by atoms with Gasteiger partial charge >= 0.3 is 0 Å². The van der Waals surface area contributed by atoms with E-state index in [4.69, 9.17) is 14.9 Å². The third kappa shape index (κ3) is 4.69. The van der Waals surface area contributed by atoms with Gasteiger partial charge in [0.1, 0.15) is 23.1 Å². The normalized spacial score (nSPS) is 15.9. The minimum Gasteiger partial charge on any atom is -0.497 e. The lowest BCUT2D eigenvalue weighted by atomic mass is 10.1. The first-order chi connectivity index (χ1) is 19.4. The highest BCUT2D eigenvalue weighted by Crippen LogP contribution is 2.33. The van der Waals surface area contributed by atoms with Gasteiger partial charge in [-0.3, -0.25) is 10.2 Å². The fourth-order valence-electron chi connectivity index (χ4n) is 4.80. The van der Waals surface area contributed by atoms with Gasteiger partial charge in [-0.15, -0.1) is 0 Å². The van der Waals surface area contributed by atoms with Gasteiger partial charge in [0.05, 0.1) is 19.2 Å². The lowest BCUT2D eigenvalue weighted by molar-refractivity contribution is -0.114. The zero-order valence-corrected chi connectivity index (χ0v) is 23.2. The standard InChI is InChI=1S/C31H27N5O3S/c1-19-8-10-21(11-9-19)30-34-36-28(32)26(29(37)33-31(36)40-30)18-25-20(2)35(27-7-5-4-6-24(25)27)16-17-39-23-14-12-22(38-3)13-15-23/h4-15,18,32H,16-17H2,1-3H3. The fraction of sp³-hybridized carbons (Fsp3) is 0.161. The monoisotopic (exact) mass is 549 g/mol. The van der Waals surface area contributed by atoms with Gasteiger partial charge in [0.2, 0.25) is 5.17 Å². The van der Waals surface area contributed by atoms with E-state index in [1.807, 2.05) is 80.6 Å². The summed E-state index contributed by atoms with van der Waals surface area (Å²) in [6.45, 7) is 5.12. The summed E-state index contributed by atoms with van der Waals surface area (Å²) in [5, 5.41) is 17.0. The van der Waals surface area contributed by atoms with Crippen LogP contribution in [0.1, 0.15) is 22.4 Å². The topological polar surface area (TPSA) is 92.3 Å². The van der Waals surface area contributed by atoms with Crippen LogP contribution in [0.2, 0.25) is 0 Å². The number of rotatable bonds is 7. The highest BCUT2D eigenvalue weighted by Gasteiger charge is 2.36. The minimum absolute atomic E-state index is 0.0173. The quantitative estimate of drug-likeness (QED) is 0.285. The third-order valence-corrected chi connectivity index (χ3v) is 7.92. The summed E-state index contributed by atoms with van der Waals surface area (Å²) in [7, 11) is 1.64. The van der Waals surface area contributed by atoms with E-state index in [9.17, 15) is 4.79 Å². The Morgan fingerprint density at radius 3 is 2.45 bits per heavy atom. The third-order valence-electron chi connectivity index (χ3n) is 6.96. The number of aryl methyl sites for hydroxylation is 1. The van der Waals surface area contributed by atoms with Crippen LogP contribution in [-0.2, 0) is 11.3 Å². The Hall–Kier alpha value is -4.63. The number of thioether (sulfide) groups is 1. The summed E-state index contributed by atoms with van der Waals surface area (Å²) in [6, 6.07) is 23.5. The van der Waals surface area contributed by atoms with Crippen molar-refractivity contribution in [1.29, 1.82) is 5.41 Å². The van der Waals surface area contributed by atoms with E-state index in [1.54, 1.807) is 13.2 Å². The Morgan fingerprint density at radius 2 is 1.70 bits per heavy atom. The van der Waals surface area contributed by atoms with E-state index in [1.165, 1.54) is 16.8 Å². The van der Waals surface area contributed by atoms with Crippen LogP contribution < -0.4 is 9.47 Å². The van der Waals surface area contributed by atoms with Gasteiger partial charge in [-0.05, 0) is 62.0 Å². The molecule has 1 amide bonds. The molecule has 1 aromatic heterocycles. The van der Waals surface area contributed by atoms with Crippen LogP contribution in [0.3, 0.4) is 0 Å². The van der Waals surface area contributed by atoms with E-state index in [0.29, 0.717) is 23.4 Å². The van der Waals surface area contributed by atoms with Crippen molar-refractivity contribution in [3.63, 3.8) is 0 Å². The van der Waals surface area contributed by atoms with Crippen molar-refractivity contribution < 1.29 is 14.3 Å². The summed E-state index contributed by atoms with van der Waals surface area (Å²) in [4.78, 5) is 17.4. The maximum atomic E-state index is 13.1. The van der Waals surface area contributed by atoms with E-state index in [0.717, 1.165) is 44.8 Å². The molecule has 1 N–H and O–H groups in total. The van der Waals surface area contributed by atoms with Crippen molar-refractivity contribution in [2.24, 2.45) is 10.1 Å². The number of nitrogens with one attached hydrogen (secondary N) is 1. The molecule has 0 aliphatic carbocycles. The number of hydrogen-bond acceptors (Lipinski definition) is 6. The molecule has 0 spiro atoms. The fourth-order valence-corrected chi connectivity index (χ4v) is 5.70. The van der Waals surface area contributed by atoms with Crippen molar-refractivity contribution in [3.05, 3.63) is 101 Å². The summed E-state index contributed by atoms with van der Waals surface area (Å²) >= 11 is 1.30. The average Bonchev–Trinajstić information content (AvgIpc) is 3.51. The number of hydrogen-bond donors (Lipinski definition) is 1. The van der Waals surface area contributed by atoms with Crippen molar-refractivity contribution >= 4 is 50.7 Å². The second kappa shape index (κ2) is 10.5. The van der Waals surface area contributed by atoms with Crippen molar-refractivity contribution in [2.75, 3.05) is 13.7 Å². The Labute approximate surface area is 236 Å². The van der Waals surface area contributed by atoms with Gasteiger partial charge in [0, 0.05) is 27.7 Å². The number of amides is 1. The lowest BCUT2D eigenvalue weighted by Gasteiger charge is -2.20. The molecule has 0 unspecified atom stereocenters. The summed E-state index contributed by atoms with van der Waals surface area (Å²) in [5.41, 5.74) is 5.16. The molecule has 0 saturated heterocycles. The molecule has 0 fully saturated rings. The Kier molecular flexibility index (Phi) is 6.73. The molecule has 4 aromatic rings. The van der Waals surface area contributed by atoms with Gasteiger partial charge in [-0.1, -0.05) is 48.0 Å². The Bertz CT molecular complexity index is 1730. The Balaban J connectivity index is 1.29. The van der Waals surface area contributed by atoms with Gasteiger partial charge in [0.25, 0.3) is 5.91 Å². The smallest absolute Gasteiger partial charge is 0.283 e. The van der Waals surface area contributed by atoms with Gasteiger partial charge in [-0.25, -0.2) is 0 Å². The molecule has 3 heterocycles.